The summed E-state index contributed by atoms with van der Waals surface area (Å²) >= 11 is 1.36. The lowest BCUT2D eigenvalue weighted by molar-refractivity contribution is -0.137. The average Bonchev–Trinajstić information content (AvgIpc) is 3.75. The first-order valence-electron chi connectivity index (χ1n) is 13.9. The van der Waals surface area contributed by atoms with Gasteiger partial charge >= 0.3 is 5.97 Å². The van der Waals surface area contributed by atoms with Crippen LogP contribution in [0.4, 0.5) is 11.4 Å². The van der Waals surface area contributed by atoms with Crippen LogP contribution in [0.3, 0.4) is 0 Å². The number of carboxylic acids is 1. The standard InChI is InChI=1S/C31H31N5O5S/c32-19-20-4-6-21(7-5-20)29(39)33-24-17-23(30(40)34-25(18-28(37)38)27-3-1-16-42-27)10-11-26(24)35-12-2-13-36(15-14-35)31(41)22-8-9-22/h1,3-7,10-11,16-17,22,25H,2,8-9,12-15,18H2,(H,33,39)(H,34,40)(H,37,38). The third-order valence-corrected chi connectivity index (χ3v) is 8.41. The Morgan fingerprint density at radius 1 is 0.976 bits per heavy atom. The van der Waals surface area contributed by atoms with E-state index in [1.807, 2.05) is 16.3 Å². The minimum atomic E-state index is -1.03. The maximum Gasteiger partial charge on any atom is 0.305 e. The quantitative estimate of drug-likeness (QED) is 0.340. The lowest BCUT2D eigenvalue weighted by atomic mass is 10.1. The average molecular weight is 586 g/mol. The number of nitrogens with one attached hydrogen (secondary N) is 2. The molecule has 2 fully saturated rings. The van der Waals surface area contributed by atoms with E-state index in [-0.39, 0.29) is 23.8 Å². The summed E-state index contributed by atoms with van der Waals surface area (Å²) in [6.07, 6.45) is 2.40. The van der Waals surface area contributed by atoms with E-state index in [0.717, 1.165) is 29.8 Å². The van der Waals surface area contributed by atoms with Gasteiger partial charge in [-0.2, -0.15) is 5.26 Å². The van der Waals surface area contributed by atoms with Gasteiger partial charge in [0, 0.05) is 48.1 Å². The summed E-state index contributed by atoms with van der Waals surface area (Å²) in [4.78, 5) is 55.5. The molecular weight excluding hydrogens is 554 g/mol. The van der Waals surface area contributed by atoms with Crippen molar-refractivity contribution in [3.05, 3.63) is 81.5 Å². The topological polar surface area (TPSA) is 143 Å². The van der Waals surface area contributed by atoms with E-state index in [9.17, 15) is 24.3 Å². The Bertz CT molecular complexity index is 1510. The SMILES string of the molecule is N#Cc1ccc(C(=O)Nc2cc(C(=O)NC(CC(=O)O)c3cccs3)ccc2N2CCCN(C(=O)C3CC3)CC2)cc1. The Kier molecular flexibility index (Phi) is 8.83. The van der Waals surface area contributed by atoms with Crippen LogP contribution in [0.2, 0.25) is 0 Å². The molecule has 1 aromatic heterocycles. The van der Waals surface area contributed by atoms with Crippen molar-refractivity contribution in [2.75, 3.05) is 36.4 Å². The molecule has 5 rings (SSSR count). The summed E-state index contributed by atoms with van der Waals surface area (Å²) in [5.41, 5.74) is 2.19. The number of nitrogens with zero attached hydrogens (tertiary/aromatic N) is 3. The van der Waals surface area contributed by atoms with E-state index in [2.05, 4.69) is 15.5 Å². The number of carbonyl (C=O) groups is 4. The van der Waals surface area contributed by atoms with E-state index < -0.39 is 23.8 Å². The van der Waals surface area contributed by atoms with Crippen LogP contribution in [-0.2, 0) is 9.59 Å². The second-order valence-electron chi connectivity index (χ2n) is 10.5. The third kappa shape index (κ3) is 6.95. The molecule has 0 spiro atoms. The maximum absolute atomic E-state index is 13.3. The molecule has 2 aliphatic rings. The molecule has 1 saturated heterocycles. The lowest BCUT2D eigenvalue weighted by Gasteiger charge is -2.27. The van der Waals surface area contributed by atoms with Crippen LogP contribution in [0.5, 0.6) is 0 Å². The lowest BCUT2D eigenvalue weighted by Crippen LogP contribution is -2.36. The van der Waals surface area contributed by atoms with Crippen molar-refractivity contribution in [2.45, 2.75) is 31.7 Å². The fraction of sp³-hybridized carbons (Fsp3) is 0.323. The minimum Gasteiger partial charge on any atom is -0.481 e. The van der Waals surface area contributed by atoms with Crippen LogP contribution in [-0.4, -0.2) is 59.9 Å². The van der Waals surface area contributed by atoms with Crippen molar-refractivity contribution in [3.8, 4) is 6.07 Å². The van der Waals surface area contributed by atoms with Crippen LogP contribution >= 0.6 is 11.3 Å². The van der Waals surface area contributed by atoms with E-state index >= 15 is 0 Å². The molecule has 1 aliphatic carbocycles. The fourth-order valence-electron chi connectivity index (χ4n) is 5.04. The molecule has 10 nitrogen and oxygen atoms in total. The van der Waals surface area contributed by atoms with Gasteiger partial charge in [-0.1, -0.05) is 6.07 Å². The molecule has 0 bridgehead atoms. The van der Waals surface area contributed by atoms with Crippen molar-refractivity contribution >= 4 is 46.4 Å². The summed E-state index contributed by atoms with van der Waals surface area (Å²) in [5.74, 6) is -1.54. The molecule has 11 heteroatoms. The first-order chi connectivity index (χ1) is 20.3. The zero-order valence-electron chi connectivity index (χ0n) is 22.9. The second kappa shape index (κ2) is 12.9. The largest absolute Gasteiger partial charge is 0.481 e. The highest BCUT2D eigenvalue weighted by molar-refractivity contribution is 7.10. The van der Waals surface area contributed by atoms with Crippen LogP contribution in [0, 0.1) is 17.2 Å². The molecule has 3 N–H and O–H groups in total. The van der Waals surface area contributed by atoms with Gasteiger partial charge in [0.25, 0.3) is 11.8 Å². The summed E-state index contributed by atoms with van der Waals surface area (Å²) < 4.78 is 0. The van der Waals surface area contributed by atoms with Crippen molar-refractivity contribution in [1.82, 2.24) is 10.2 Å². The monoisotopic (exact) mass is 585 g/mol. The van der Waals surface area contributed by atoms with Crippen LogP contribution < -0.4 is 15.5 Å². The van der Waals surface area contributed by atoms with Gasteiger partial charge in [-0.3, -0.25) is 19.2 Å². The molecule has 2 heterocycles. The van der Waals surface area contributed by atoms with Crippen molar-refractivity contribution in [2.24, 2.45) is 5.92 Å². The normalized spacial score (nSPS) is 15.7. The number of nitriles is 1. The third-order valence-electron chi connectivity index (χ3n) is 7.43. The summed E-state index contributed by atoms with van der Waals surface area (Å²) in [6, 6.07) is 16.2. The van der Waals surface area contributed by atoms with Crippen molar-refractivity contribution < 1.29 is 24.3 Å². The maximum atomic E-state index is 13.3. The highest BCUT2D eigenvalue weighted by Crippen LogP contribution is 2.33. The van der Waals surface area contributed by atoms with Gasteiger partial charge in [0.15, 0.2) is 0 Å². The second-order valence-corrected chi connectivity index (χ2v) is 11.4. The van der Waals surface area contributed by atoms with Gasteiger partial charge in [0.05, 0.1) is 35.5 Å². The Morgan fingerprint density at radius 2 is 1.74 bits per heavy atom. The predicted octanol–water partition coefficient (Wildman–Crippen LogP) is 4.27. The highest BCUT2D eigenvalue weighted by Gasteiger charge is 2.34. The number of rotatable bonds is 9. The van der Waals surface area contributed by atoms with E-state index in [1.54, 1.807) is 54.6 Å². The van der Waals surface area contributed by atoms with Crippen LogP contribution in [0.15, 0.2) is 60.0 Å². The van der Waals surface area contributed by atoms with Gasteiger partial charge in [-0.05, 0) is 73.2 Å². The molecular formula is C31H31N5O5S. The molecule has 2 aromatic carbocycles. The number of amides is 3. The number of thiophene rings is 1. The van der Waals surface area contributed by atoms with Crippen molar-refractivity contribution in [3.63, 3.8) is 0 Å². The molecule has 1 atom stereocenters. The fourth-order valence-corrected chi connectivity index (χ4v) is 5.82. The zero-order valence-corrected chi connectivity index (χ0v) is 23.7. The molecule has 1 unspecified atom stereocenters. The molecule has 216 valence electrons. The molecule has 3 aromatic rings. The van der Waals surface area contributed by atoms with E-state index in [1.165, 1.54) is 11.3 Å². The van der Waals surface area contributed by atoms with Gasteiger partial charge in [0.1, 0.15) is 0 Å². The number of hydrogen-bond donors (Lipinski definition) is 3. The summed E-state index contributed by atoms with van der Waals surface area (Å²) in [5, 5.41) is 26.1. The molecule has 3 amide bonds. The smallest absolute Gasteiger partial charge is 0.305 e. The number of anilines is 2. The first kappa shape index (κ1) is 28.8. The number of carboxylic acid groups (broad SMARTS) is 1. The number of aliphatic carboxylic acids is 1. The van der Waals surface area contributed by atoms with Crippen molar-refractivity contribution in [1.29, 1.82) is 5.26 Å². The highest BCUT2D eigenvalue weighted by atomic mass is 32.1. The first-order valence-corrected chi connectivity index (χ1v) is 14.8. The molecule has 0 radical (unpaired) electrons. The number of carbonyl (C=O) groups excluding carboxylic acids is 3. The Labute approximate surface area is 247 Å². The number of hydrogen-bond acceptors (Lipinski definition) is 7. The van der Waals surface area contributed by atoms with Gasteiger partial charge in [0.2, 0.25) is 5.91 Å². The number of benzene rings is 2. The van der Waals surface area contributed by atoms with Gasteiger partial charge in [-0.25, -0.2) is 0 Å². The minimum absolute atomic E-state index is 0.149. The van der Waals surface area contributed by atoms with E-state index in [4.69, 9.17) is 5.26 Å². The molecule has 42 heavy (non-hydrogen) atoms. The zero-order chi connectivity index (χ0) is 29.6. The molecule has 1 aliphatic heterocycles. The predicted molar refractivity (Wildman–Crippen MR) is 158 cm³/mol. The van der Waals surface area contributed by atoms with E-state index in [0.29, 0.717) is 43.0 Å². The summed E-state index contributed by atoms with van der Waals surface area (Å²) in [6.45, 7) is 2.48. The molecule has 1 saturated carbocycles. The Morgan fingerprint density at radius 3 is 2.40 bits per heavy atom. The van der Waals surface area contributed by atoms with Crippen LogP contribution in [0.25, 0.3) is 0 Å². The van der Waals surface area contributed by atoms with Gasteiger partial charge < -0.3 is 25.5 Å². The van der Waals surface area contributed by atoms with Gasteiger partial charge in [-0.15, -0.1) is 11.3 Å². The summed E-state index contributed by atoms with van der Waals surface area (Å²) in [7, 11) is 0. The van der Waals surface area contributed by atoms with Crippen LogP contribution in [0.1, 0.15) is 62.9 Å². The Balaban J connectivity index is 1.40. The Hall–Kier alpha value is -4.69.